The highest BCUT2D eigenvalue weighted by atomic mass is 32.2. The van der Waals surface area contributed by atoms with Gasteiger partial charge >= 0.3 is 71.6 Å². The smallest absolute Gasteiger partial charge is 0.344 e. The molecule has 20 unspecified atom stereocenters. The lowest BCUT2D eigenvalue weighted by Gasteiger charge is -2.62. The summed E-state index contributed by atoms with van der Waals surface area (Å²) < 4.78 is 123. The summed E-state index contributed by atoms with van der Waals surface area (Å²) in [5, 5.41) is -0.903. The molecule has 4 aliphatic heterocycles. The van der Waals surface area contributed by atoms with Gasteiger partial charge in [-0.05, 0) is 349 Å². The van der Waals surface area contributed by atoms with Crippen LogP contribution < -0.4 is 0 Å². The molecule has 32 heteroatoms. The number of rotatable bonds is 26. The van der Waals surface area contributed by atoms with Gasteiger partial charge in [0.2, 0.25) is 0 Å². The number of carbonyl (C=O) groups is 12. The lowest BCUT2D eigenvalue weighted by Crippen LogP contribution is -2.63. The molecule has 0 aromatic heterocycles. The van der Waals surface area contributed by atoms with Gasteiger partial charge in [0, 0.05) is 69.6 Å². The number of esters is 12. The molecule has 18 aliphatic carbocycles. The van der Waals surface area contributed by atoms with Crippen molar-refractivity contribution in [1.29, 1.82) is 0 Å². The Morgan fingerprint density at radius 1 is 0.354 bits per heavy atom. The average Bonchev–Trinajstić information content (AvgIpc) is 0.867. The first-order valence-corrected chi connectivity index (χ1v) is 57.0. The lowest BCUT2D eigenvalue weighted by molar-refractivity contribution is -0.231. The van der Waals surface area contributed by atoms with Crippen LogP contribution in [0, 0.1) is 140 Å². The van der Waals surface area contributed by atoms with Gasteiger partial charge in [0.1, 0.15) is 71.2 Å². The molecule has 808 valence electrons. The summed E-state index contributed by atoms with van der Waals surface area (Å²) >= 11 is 0. The van der Waals surface area contributed by atoms with E-state index in [1.807, 2.05) is 69.2 Å². The van der Waals surface area contributed by atoms with Gasteiger partial charge in [0.05, 0.1) is 44.0 Å². The second-order valence-electron chi connectivity index (χ2n) is 50.2. The predicted molar refractivity (Wildman–Crippen MR) is 531 cm³/mol. The van der Waals surface area contributed by atoms with Crippen LogP contribution in [0.25, 0.3) is 0 Å². The van der Waals surface area contributed by atoms with Crippen molar-refractivity contribution in [2.45, 2.75) is 427 Å². The van der Waals surface area contributed by atoms with E-state index in [4.69, 9.17) is 65.2 Å². The van der Waals surface area contributed by atoms with Gasteiger partial charge in [-0.3, -0.25) is 37.1 Å². The number of ether oxygens (including phenoxy) is 12. The summed E-state index contributed by atoms with van der Waals surface area (Å²) in [4.78, 5) is 141. The van der Waals surface area contributed by atoms with E-state index in [9.17, 15) is 74.4 Å². The van der Waals surface area contributed by atoms with Crippen LogP contribution in [-0.4, -0.2) is 183 Å². The molecule has 20 atom stereocenters. The lowest BCUT2D eigenvalue weighted by atomic mass is 9.47. The van der Waals surface area contributed by atoms with Crippen molar-refractivity contribution >= 4 is 91.9 Å². The van der Waals surface area contributed by atoms with Crippen molar-refractivity contribution in [3.63, 3.8) is 0 Å². The van der Waals surface area contributed by atoms with Crippen LogP contribution in [0.3, 0.4) is 0 Å². The Hall–Kier alpha value is -7.58. The van der Waals surface area contributed by atoms with E-state index in [0.29, 0.717) is 102 Å². The second-order valence-corrected chi connectivity index (χ2v) is 53.7. The Labute approximate surface area is 855 Å². The van der Waals surface area contributed by atoms with E-state index in [1.54, 1.807) is 34.6 Å². The van der Waals surface area contributed by atoms with Gasteiger partial charge in [0.15, 0.2) is 13.2 Å². The maximum Gasteiger partial charge on any atom is 0.344 e. The molecular formula is C112H168O30S2. The Morgan fingerprint density at radius 2 is 0.660 bits per heavy atom. The standard InChI is InChI=1S/C19H32O2.C17H26O2.C15H22O7S.C14H20O4.C13H16O7S.C12H14O4.C12H22O2.C10H16O2/c1-6-18(4,5)17(20)21-19(12(2)3)15-8-13-7-14(10-15)11-16(19)9-13;1-10(2)16(18)19-17(11(3)4)14-6-12-5-13(8-14)9-15(17)7-12;1-4-15(2,3)14(17)20-7-11(16)21-12-8-5-9-10(6-8)23(18,19)22-13(9)12;1-4-14(2,3)13(16)18-10-7-5-8-9(6-7)12(15)17-11(8)10;1-6(2)13(15)18-5-10(14)19-11-7-3-8-9(4-7)21(16,17)20-12(8)11;1-5(2)11(13)15-9-6-3-7-8(4-6)12(14)16-10(7)9;1-5-11(2,3)10(13)14-12(4)8-6-7-9-12;1-8(2)9(11)12-10(3)6-4-5-7-10/h12-16H,6-11H2,1-5H3;11-15H,1,5-9H2,2-4H3;8-10,12-13H,4-7H2,1-3H3;7-11H,4-6H2,1-3H3;7-9,11-12H,1,3-5H2,2H3;6-10H,1,3-4H2,2H3;5-9H2,1-4H3;1,4-7H2,2-3H3. The normalized spacial score (nSPS) is 37.0. The fourth-order valence-corrected chi connectivity index (χ4v) is 32.0. The third-order valence-corrected chi connectivity index (χ3v) is 41.2. The van der Waals surface area contributed by atoms with Crippen molar-refractivity contribution in [1.82, 2.24) is 0 Å². The molecule has 30 nitrogen and oxygen atoms in total. The molecule has 16 bridgehead atoms. The summed E-state index contributed by atoms with van der Waals surface area (Å²) in [6.07, 6.45) is 27.8. The molecule has 0 amide bonds. The zero-order valence-corrected chi connectivity index (χ0v) is 91.5. The Kier molecular flexibility index (Phi) is 34.5. The molecule has 0 aromatic rings. The monoisotopic (exact) mass is 2060 g/mol. The average molecular weight is 2060 g/mol. The van der Waals surface area contributed by atoms with Gasteiger partial charge in [-0.25, -0.2) is 28.8 Å². The number of hydrogen-bond donors (Lipinski definition) is 0. The van der Waals surface area contributed by atoms with E-state index >= 15 is 0 Å². The van der Waals surface area contributed by atoms with Gasteiger partial charge in [-0.2, -0.15) is 16.8 Å². The van der Waals surface area contributed by atoms with E-state index < -0.39 is 103 Å². The number of carbonyl (C=O) groups excluding carboxylic acids is 12. The maximum absolute atomic E-state index is 12.8. The van der Waals surface area contributed by atoms with Crippen LogP contribution in [0.2, 0.25) is 0 Å². The first kappa shape index (κ1) is 114. The minimum atomic E-state index is -3.53. The molecule has 0 N–H and O–H groups in total. The molecule has 0 aromatic carbocycles. The van der Waals surface area contributed by atoms with Crippen LogP contribution in [0.4, 0.5) is 0 Å². The first-order chi connectivity index (χ1) is 67.1. The largest absolute Gasteiger partial charge is 0.459 e. The van der Waals surface area contributed by atoms with Crippen molar-refractivity contribution in [3.8, 4) is 0 Å². The molecule has 0 spiro atoms. The fraction of sp³-hybridized carbons (Fsp3) is 0.821. The summed E-state index contributed by atoms with van der Waals surface area (Å²) in [5.74, 6) is 4.43. The maximum atomic E-state index is 12.8. The van der Waals surface area contributed by atoms with Gasteiger partial charge < -0.3 is 56.8 Å². The molecule has 0 radical (unpaired) electrons. The molecule has 4 heterocycles. The van der Waals surface area contributed by atoms with Crippen molar-refractivity contribution in [2.24, 2.45) is 140 Å². The van der Waals surface area contributed by atoms with Crippen LogP contribution in [-0.2, 0) is 143 Å². The van der Waals surface area contributed by atoms with E-state index in [-0.39, 0.29) is 152 Å². The molecule has 22 rings (SSSR count). The summed E-state index contributed by atoms with van der Waals surface area (Å²) in [7, 11) is -7.05. The van der Waals surface area contributed by atoms with Crippen molar-refractivity contribution in [3.05, 3.63) is 48.6 Å². The van der Waals surface area contributed by atoms with E-state index in [1.165, 1.54) is 96.8 Å². The SMILES string of the molecule is C=C(C)C(=O)OC1(C(C)C)C2CC3CC(C2)CC1C3.C=C(C)C(=O)OC1(C)CCCC1.C=C(C)C(=O)OC1C2CC3C(=O)OC1C3C2.C=C(C)C(=O)OCC(=O)OC1C2CC3C1OS(=O)(=O)C3C2.CCC(C)(C)C(=O)OC1(C(C)C)C2CC3CC(C2)CC1C3.CCC(C)(C)C(=O)OC1(C)CCCC1.CCC(C)(C)C(=O)OC1C2CC3C(=O)OC1C3C2.CCC(C)(C)C(=O)OCC(=O)OC1C2CC3C1OS(=O)(=O)C3C2. The van der Waals surface area contributed by atoms with Crippen LogP contribution in [0.1, 0.15) is 345 Å². The van der Waals surface area contributed by atoms with E-state index in [2.05, 4.69) is 67.9 Å². The quantitative estimate of drug-likeness (QED) is 0.0336. The molecular weight excluding hydrogens is 1890 g/mol. The van der Waals surface area contributed by atoms with Crippen molar-refractivity contribution in [2.75, 3.05) is 13.2 Å². The van der Waals surface area contributed by atoms with Crippen LogP contribution in [0.5, 0.6) is 0 Å². The first-order valence-electron chi connectivity index (χ1n) is 54.1. The Balaban J connectivity index is 0.000000139. The minimum absolute atomic E-state index is 0.00284. The highest BCUT2D eigenvalue weighted by molar-refractivity contribution is 7.88. The van der Waals surface area contributed by atoms with Gasteiger partial charge in [0.25, 0.3) is 20.2 Å². The molecule has 18 saturated carbocycles. The van der Waals surface area contributed by atoms with Crippen LogP contribution in [0.15, 0.2) is 48.6 Å². The molecule has 4 saturated heterocycles. The van der Waals surface area contributed by atoms with Gasteiger partial charge in [-0.15, -0.1) is 0 Å². The minimum Gasteiger partial charge on any atom is -0.459 e. The highest BCUT2D eigenvalue weighted by Gasteiger charge is 2.70. The van der Waals surface area contributed by atoms with E-state index in [0.717, 1.165) is 94.3 Å². The zero-order chi connectivity index (χ0) is 106. The third-order valence-electron chi connectivity index (χ3n) is 37.6. The fourth-order valence-electron chi connectivity index (χ4n) is 28.2. The van der Waals surface area contributed by atoms with Crippen LogP contribution >= 0.6 is 0 Å². The zero-order valence-electron chi connectivity index (χ0n) is 89.8. The summed E-state index contributed by atoms with van der Waals surface area (Å²) in [6.45, 7) is 56.1. The number of hydrogen-bond acceptors (Lipinski definition) is 30. The topological polar surface area (TPSA) is 402 Å². The van der Waals surface area contributed by atoms with Gasteiger partial charge in [-0.1, -0.05) is 81.7 Å². The van der Waals surface area contributed by atoms with Crippen molar-refractivity contribution < 1.29 is 140 Å². The summed E-state index contributed by atoms with van der Waals surface area (Å²) in [6, 6.07) is 0. The highest BCUT2D eigenvalue weighted by Crippen LogP contribution is 2.66. The second kappa shape index (κ2) is 43.8. The predicted octanol–water partition coefficient (Wildman–Crippen LogP) is 18.7. The summed E-state index contributed by atoms with van der Waals surface area (Å²) in [5.41, 5.74) is -0.939. The molecule has 144 heavy (non-hydrogen) atoms. The Bertz CT molecular complexity index is 5040. The molecule has 22 aliphatic rings. The Morgan fingerprint density at radius 3 is 1.02 bits per heavy atom. The molecule has 22 fully saturated rings. The third kappa shape index (κ3) is 23.6. The number of fused-ring (bicyclic) bond motifs is 4.